The van der Waals surface area contributed by atoms with Crippen LogP contribution in [0.2, 0.25) is 0 Å². The van der Waals surface area contributed by atoms with Crippen LogP contribution < -0.4 is 20.1 Å². The Bertz CT molecular complexity index is 959. The van der Waals surface area contributed by atoms with Crippen molar-refractivity contribution < 1.29 is 19.1 Å². The second-order valence-corrected chi connectivity index (χ2v) is 8.68. The van der Waals surface area contributed by atoms with E-state index in [1.165, 1.54) is 5.56 Å². The maximum absolute atomic E-state index is 12.5. The minimum absolute atomic E-state index is 0.0386. The monoisotopic (exact) mass is 422 g/mol. The maximum atomic E-state index is 12.5. The fourth-order valence-electron chi connectivity index (χ4n) is 4.69. The number of ether oxygens (including phenoxy) is 2. The second kappa shape index (κ2) is 9.00. The zero-order valence-electron chi connectivity index (χ0n) is 18.3. The molecule has 1 aliphatic heterocycles. The minimum atomic E-state index is -0.232. The van der Waals surface area contributed by atoms with Crippen LogP contribution >= 0.6 is 0 Å². The summed E-state index contributed by atoms with van der Waals surface area (Å²) in [7, 11) is 0. The Hall–Kier alpha value is -3.02. The zero-order valence-corrected chi connectivity index (χ0v) is 18.3. The molecule has 2 amide bonds. The van der Waals surface area contributed by atoms with Crippen LogP contribution in [0.5, 0.6) is 11.5 Å². The molecule has 6 heteroatoms. The summed E-state index contributed by atoms with van der Waals surface area (Å²) in [4.78, 5) is 24.9. The number of aryl methyl sites for hydroxylation is 2. The van der Waals surface area contributed by atoms with Crippen LogP contribution in [-0.4, -0.2) is 38.1 Å². The minimum Gasteiger partial charge on any atom is -0.486 e. The summed E-state index contributed by atoms with van der Waals surface area (Å²) in [5.41, 5.74) is 3.69. The molecular weight excluding hydrogens is 392 g/mol. The number of amides is 2. The molecule has 2 N–H and O–H groups in total. The summed E-state index contributed by atoms with van der Waals surface area (Å²) >= 11 is 0. The van der Waals surface area contributed by atoms with Gasteiger partial charge in [-0.1, -0.05) is 36.1 Å². The highest BCUT2D eigenvalue weighted by molar-refractivity contribution is 5.96. The highest BCUT2D eigenvalue weighted by atomic mass is 16.6. The number of fused-ring (bicyclic) bond motifs is 1. The molecule has 0 aromatic heterocycles. The van der Waals surface area contributed by atoms with Gasteiger partial charge in [-0.3, -0.25) is 9.59 Å². The van der Waals surface area contributed by atoms with Gasteiger partial charge in [-0.2, -0.15) is 0 Å². The maximum Gasteiger partial charge on any atom is 0.251 e. The van der Waals surface area contributed by atoms with E-state index in [0.29, 0.717) is 25.3 Å². The number of carbonyl (C=O) groups is 2. The van der Waals surface area contributed by atoms with Gasteiger partial charge in [-0.05, 0) is 56.5 Å². The third-order valence-electron chi connectivity index (χ3n) is 6.23. The van der Waals surface area contributed by atoms with Crippen LogP contribution in [0.1, 0.15) is 52.7 Å². The first-order chi connectivity index (χ1) is 14.9. The Morgan fingerprint density at radius 1 is 0.903 bits per heavy atom. The number of rotatable bonds is 6. The molecule has 4 rings (SSSR count). The van der Waals surface area contributed by atoms with Crippen molar-refractivity contribution in [3.8, 4) is 11.5 Å². The zero-order chi connectivity index (χ0) is 21.8. The van der Waals surface area contributed by atoms with E-state index < -0.39 is 0 Å². The van der Waals surface area contributed by atoms with Crippen molar-refractivity contribution in [2.45, 2.75) is 44.9 Å². The second-order valence-electron chi connectivity index (χ2n) is 8.68. The van der Waals surface area contributed by atoms with E-state index in [0.717, 1.165) is 48.3 Å². The van der Waals surface area contributed by atoms with Crippen molar-refractivity contribution in [1.29, 1.82) is 0 Å². The SMILES string of the molecule is Cc1cc(C)cc(C(=O)NCC(=O)NCC2(c3ccc4c(c3)OCCO4)CCCC2)c1. The summed E-state index contributed by atoms with van der Waals surface area (Å²) < 4.78 is 11.4. The molecule has 2 aromatic carbocycles. The lowest BCUT2D eigenvalue weighted by Gasteiger charge is -2.31. The van der Waals surface area contributed by atoms with E-state index in [4.69, 9.17) is 9.47 Å². The third kappa shape index (κ3) is 4.84. The standard InChI is InChI=1S/C25H30N2O4/c1-17-11-18(2)13-19(12-17)24(29)26-15-23(28)27-16-25(7-3-4-8-25)20-5-6-21-22(14-20)31-10-9-30-21/h5-6,11-14H,3-4,7-10,15-16H2,1-2H3,(H,26,29)(H,27,28). The van der Waals surface area contributed by atoms with E-state index in [1.54, 1.807) is 0 Å². The Morgan fingerprint density at radius 3 is 2.29 bits per heavy atom. The topological polar surface area (TPSA) is 76.7 Å². The van der Waals surface area contributed by atoms with Crippen LogP contribution in [-0.2, 0) is 10.2 Å². The third-order valence-corrected chi connectivity index (χ3v) is 6.23. The largest absolute Gasteiger partial charge is 0.486 e. The van der Waals surface area contributed by atoms with Gasteiger partial charge in [0.25, 0.3) is 5.91 Å². The first kappa shape index (κ1) is 21.2. The van der Waals surface area contributed by atoms with Crippen LogP contribution in [0, 0.1) is 13.8 Å². The Morgan fingerprint density at radius 2 is 1.58 bits per heavy atom. The number of nitrogens with one attached hydrogen (secondary N) is 2. The summed E-state index contributed by atoms with van der Waals surface area (Å²) in [5.74, 6) is 1.15. The summed E-state index contributed by atoms with van der Waals surface area (Å²) in [5, 5.41) is 5.78. The molecule has 0 radical (unpaired) electrons. The van der Waals surface area contributed by atoms with Crippen LogP contribution in [0.25, 0.3) is 0 Å². The summed E-state index contributed by atoms with van der Waals surface area (Å²) in [6.45, 7) is 5.54. The highest BCUT2D eigenvalue weighted by Crippen LogP contribution is 2.43. The Labute approximate surface area is 183 Å². The van der Waals surface area contributed by atoms with Gasteiger partial charge in [0, 0.05) is 17.5 Å². The molecular formula is C25H30N2O4. The van der Waals surface area contributed by atoms with Gasteiger partial charge in [-0.15, -0.1) is 0 Å². The molecule has 1 heterocycles. The van der Waals surface area contributed by atoms with Crippen molar-refractivity contribution in [3.63, 3.8) is 0 Å². The number of carbonyl (C=O) groups excluding carboxylic acids is 2. The molecule has 6 nitrogen and oxygen atoms in total. The van der Waals surface area contributed by atoms with Crippen molar-refractivity contribution in [2.75, 3.05) is 26.3 Å². The molecule has 0 atom stereocenters. The van der Waals surface area contributed by atoms with Crippen molar-refractivity contribution in [3.05, 3.63) is 58.7 Å². The predicted octanol–water partition coefficient (Wildman–Crippen LogP) is 3.43. The summed E-state index contributed by atoms with van der Waals surface area (Å²) in [6, 6.07) is 11.8. The Kier molecular flexibility index (Phi) is 6.16. The average molecular weight is 423 g/mol. The lowest BCUT2D eigenvalue weighted by molar-refractivity contribution is -0.120. The molecule has 0 unspecified atom stereocenters. The van der Waals surface area contributed by atoms with Gasteiger partial charge in [0.15, 0.2) is 11.5 Å². The lowest BCUT2D eigenvalue weighted by atomic mass is 9.78. The smallest absolute Gasteiger partial charge is 0.251 e. The number of hydrogen-bond donors (Lipinski definition) is 2. The van der Waals surface area contributed by atoms with Gasteiger partial charge < -0.3 is 20.1 Å². The molecule has 0 saturated heterocycles. The van der Waals surface area contributed by atoms with Crippen LogP contribution in [0.15, 0.2) is 36.4 Å². The van der Waals surface area contributed by atoms with Gasteiger partial charge in [0.1, 0.15) is 13.2 Å². The first-order valence-corrected chi connectivity index (χ1v) is 11.0. The molecule has 1 aliphatic carbocycles. The van der Waals surface area contributed by atoms with Crippen LogP contribution in [0.4, 0.5) is 0 Å². The molecule has 164 valence electrons. The van der Waals surface area contributed by atoms with E-state index in [1.807, 2.05) is 38.1 Å². The van der Waals surface area contributed by atoms with E-state index in [2.05, 4.69) is 22.8 Å². The molecule has 2 aromatic rings. The van der Waals surface area contributed by atoms with Gasteiger partial charge in [0.2, 0.25) is 5.91 Å². The highest BCUT2D eigenvalue weighted by Gasteiger charge is 2.36. The fourth-order valence-corrected chi connectivity index (χ4v) is 4.69. The van der Waals surface area contributed by atoms with Gasteiger partial charge in [0.05, 0.1) is 6.54 Å². The molecule has 0 spiro atoms. The van der Waals surface area contributed by atoms with Crippen molar-refractivity contribution in [1.82, 2.24) is 10.6 Å². The van der Waals surface area contributed by atoms with Gasteiger partial charge >= 0.3 is 0 Å². The first-order valence-electron chi connectivity index (χ1n) is 11.0. The van der Waals surface area contributed by atoms with E-state index in [-0.39, 0.29) is 23.8 Å². The van der Waals surface area contributed by atoms with E-state index >= 15 is 0 Å². The quantitative estimate of drug-likeness (QED) is 0.748. The van der Waals surface area contributed by atoms with Crippen LogP contribution in [0.3, 0.4) is 0 Å². The molecule has 0 bridgehead atoms. The average Bonchev–Trinajstić information content (AvgIpc) is 3.25. The van der Waals surface area contributed by atoms with Gasteiger partial charge in [-0.25, -0.2) is 0 Å². The van der Waals surface area contributed by atoms with Crippen molar-refractivity contribution in [2.24, 2.45) is 0 Å². The molecule has 2 aliphatic rings. The van der Waals surface area contributed by atoms with E-state index in [9.17, 15) is 9.59 Å². The lowest BCUT2D eigenvalue weighted by Crippen LogP contribution is -2.43. The fraction of sp³-hybridized carbons (Fsp3) is 0.440. The predicted molar refractivity (Wildman–Crippen MR) is 119 cm³/mol. The number of hydrogen-bond acceptors (Lipinski definition) is 4. The molecule has 1 saturated carbocycles. The Balaban J connectivity index is 1.37. The number of benzene rings is 2. The molecule has 1 fully saturated rings. The molecule has 31 heavy (non-hydrogen) atoms. The van der Waals surface area contributed by atoms with Crippen molar-refractivity contribution >= 4 is 11.8 Å². The summed E-state index contributed by atoms with van der Waals surface area (Å²) in [6.07, 6.45) is 4.30. The normalized spacial score (nSPS) is 16.6.